The highest BCUT2D eigenvalue weighted by Gasteiger charge is 2.05. The summed E-state index contributed by atoms with van der Waals surface area (Å²) in [4.78, 5) is 0. The normalized spacial score (nSPS) is 11.1. The van der Waals surface area contributed by atoms with Crippen LogP contribution in [0.4, 0.5) is 0 Å². The number of hydrogen-bond acceptors (Lipinski definition) is 2. The van der Waals surface area contributed by atoms with Crippen LogP contribution in [0.3, 0.4) is 0 Å². The zero-order valence-corrected chi connectivity index (χ0v) is 12.2. The van der Waals surface area contributed by atoms with Crippen LogP contribution in [0.15, 0.2) is 24.5 Å². The summed E-state index contributed by atoms with van der Waals surface area (Å²) in [6.45, 7) is 7.24. The number of aromatic nitrogens is 3. The fourth-order valence-electron chi connectivity index (χ4n) is 2.18. The molecule has 0 saturated heterocycles. The second-order valence-electron chi connectivity index (χ2n) is 4.97. The quantitative estimate of drug-likeness (QED) is 0.775. The molecule has 0 atom stereocenters. The van der Waals surface area contributed by atoms with Crippen LogP contribution in [0.5, 0.6) is 0 Å². The predicted molar refractivity (Wildman–Crippen MR) is 78.1 cm³/mol. The number of nitrogens with zero attached hydrogens (tertiary/aromatic N) is 3. The molecule has 0 saturated carbocycles. The van der Waals surface area contributed by atoms with Crippen LogP contribution < -0.4 is 5.32 Å². The standard InChI is InChI=1S/C15H24N4/c1-4-7-16-10-13-6-8-19(11-13)12-15-9-14(5-2)17-18(15)3/h6,8-9,11,16H,4-5,7,10,12H2,1-3H3. The van der Waals surface area contributed by atoms with Crippen molar-refractivity contribution in [1.82, 2.24) is 19.7 Å². The SMILES string of the molecule is CCCNCc1ccn(Cc2cc(CC)nn2C)c1. The Morgan fingerprint density at radius 1 is 1.32 bits per heavy atom. The molecular weight excluding hydrogens is 236 g/mol. The second kappa shape index (κ2) is 6.57. The first kappa shape index (κ1) is 13.9. The van der Waals surface area contributed by atoms with Gasteiger partial charge in [0.15, 0.2) is 0 Å². The molecule has 4 heteroatoms. The topological polar surface area (TPSA) is 34.8 Å². The van der Waals surface area contributed by atoms with Gasteiger partial charge in [0.1, 0.15) is 0 Å². The number of aryl methyl sites for hydroxylation is 2. The van der Waals surface area contributed by atoms with Gasteiger partial charge in [-0.2, -0.15) is 5.10 Å². The van der Waals surface area contributed by atoms with Crippen molar-refractivity contribution in [3.63, 3.8) is 0 Å². The van der Waals surface area contributed by atoms with Crippen molar-refractivity contribution < 1.29 is 0 Å². The summed E-state index contributed by atoms with van der Waals surface area (Å²) in [5.74, 6) is 0. The van der Waals surface area contributed by atoms with Gasteiger partial charge in [-0.05, 0) is 37.1 Å². The molecule has 0 aliphatic heterocycles. The van der Waals surface area contributed by atoms with Crippen molar-refractivity contribution in [2.24, 2.45) is 7.05 Å². The third-order valence-electron chi connectivity index (χ3n) is 3.30. The Labute approximate surface area is 115 Å². The summed E-state index contributed by atoms with van der Waals surface area (Å²) in [7, 11) is 2.02. The van der Waals surface area contributed by atoms with E-state index in [4.69, 9.17) is 0 Å². The number of nitrogens with one attached hydrogen (secondary N) is 1. The number of hydrogen-bond donors (Lipinski definition) is 1. The van der Waals surface area contributed by atoms with Crippen LogP contribution in [-0.2, 0) is 26.6 Å². The van der Waals surface area contributed by atoms with E-state index in [0.29, 0.717) is 0 Å². The van der Waals surface area contributed by atoms with E-state index in [-0.39, 0.29) is 0 Å². The van der Waals surface area contributed by atoms with Crippen molar-refractivity contribution in [2.75, 3.05) is 6.54 Å². The van der Waals surface area contributed by atoms with Crippen LogP contribution in [0, 0.1) is 0 Å². The second-order valence-corrected chi connectivity index (χ2v) is 4.97. The van der Waals surface area contributed by atoms with Crippen LogP contribution >= 0.6 is 0 Å². The van der Waals surface area contributed by atoms with E-state index in [1.807, 2.05) is 11.7 Å². The highest BCUT2D eigenvalue weighted by molar-refractivity contribution is 5.14. The van der Waals surface area contributed by atoms with Crippen LogP contribution in [0.1, 0.15) is 37.2 Å². The van der Waals surface area contributed by atoms with Gasteiger partial charge in [-0.15, -0.1) is 0 Å². The first-order chi connectivity index (χ1) is 9.22. The van der Waals surface area contributed by atoms with Gasteiger partial charge < -0.3 is 9.88 Å². The van der Waals surface area contributed by atoms with E-state index in [9.17, 15) is 0 Å². The van der Waals surface area contributed by atoms with Gasteiger partial charge in [-0.1, -0.05) is 13.8 Å². The maximum atomic E-state index is 4.48. The van der Waals surface area contributed by atoms with Crippen molar-refractivity contribution in [3.05, 3.63) is 41.5 Å². The minimum absolute atomic E-state index is 0.886. The van der Waals surface area contributed by atoms with Crippen LogP contribution in [-0.4, -0.2) is 20.9 Å². The van der Waals surface area contributed by atoms with Gasteiger partial charge in [0.25, 0.3) is 0 Å². The highest BCUT2D eigenvalue weighted by atomic mass is 15.3. The van der Waals surface area contributed by atoms with Crippen molar-refractivity contribution in [1.29, 1.82) is 0 Å². The van der Waals surface area contributed by atoms with Gasteiger partial charge >= 0.3 is 0 Å². The molecule has 0 fully saturated rings. The molecule has 0 bridgehead atoms. The maximum Gasteiger partial charge on any atom is 0.0639 e. The van der Waals surface area contributed by atoms with Crippen molar-refractivity contribution in [2.45, 2.75) is 39.8 Å². The fourth-order valence-corrected chi connectivity index (χ4v) is 2.18. The van der Waals surface area contributed by atoms with Gasteiger partial charge in [-0.25, -0.2) is 0 Å². The van der Waals surface area contributed by atoms with Crippen LogP contribution in [0.2, 0.25) is 0 Å². The summed E-state index contributed by atoms with van der Waals surface area (Å²) >= 11 is 0. The molecule has 2 heterocycles. The summed E-state index contributed by atoms with van der Waals surface area (Å²) in [5.41, 5.74) is 3.75. The third-order valence-corrected chi connectivity index (χ3v) is 3.30. The Hall–Kier alpha value is -1.55. The lowest BCUT2D eigenvalue weighted by molar-refractivity contribution is 0.655. The van der Waals surface area contributed by atoms with Gasteiger partial charge in [0, 0.05) is 26.0 Å². The molecule has 2 rings (SSSR count). The monoisotopic (exact) mass is 260 g/mol. The average Bonchev–Trinajstić information content (AvgIpc) is 2.98. The average molecular weight is 260 g/mol. The van der Waals surface area contributed by atoms with Crippen molar-refractivity contribution in [3.8, 4) is 0 Å². The lowest BCUT2D eigenvalue weighted by Crippen LogP contribution is -2.13. The van der Waals surface area contributed by atoms with E-state index >= 15 is 0 Å². The number of rotatable bonds is 7. The molecule has 0 amide bonds. The molecule has 1 N–H and O–H groups in total. The van der Waals surface area contributed by atoms with E-state index in [1.165, 1.54) is 17.7 Å². The highest BCUT2D eigenvalue weighted by Crippen LogP contribution is 2.08. The molecule has 2 aromatic heterocycles. The lowest BCUT2D eigenvalue weighted by atomic mass is 10.3. The molecule has 0 aliphatic rings. The van der Waals surface area contributed by atoms with Gasteiger partial charge in [0.05, 0.1) is 17.9 Å². The summed E-state index contributed by atoms with van der Waals surface area (Å²) < 4.78 is 4.20. The van der Waals surface area contributed by atoms with E-state index in [0.717, 1.165) is 31.7 Å². The first-order valence-corrected chi connectivity index (χ1v) is 7.10. The van der Waals surface area contributed by atoms with Crippen LogP contribution in [0.25, 0.3) is 0 Å². The third kappa shape index (κ3) is 3.70. The van der Waals surface area contributed by atoms with E-state index < -0.39 is 0 Å². The summed E-state index contributed by atoms with van der Waals surface area (Å²) in [6.07, 6.45) is 6.52. The first-order valence-electron chi connectivity index (χ1n) is 7.10. The minimum atomic E-state index is 0.886. The zero-order valence-electron chi connectivity index (χ0n) is 12.2. The molecule has 19 heavy (non-hydrogen) atoms. The summed E-state index contributed by atoms with van der Waals surface area (Å²) in [6, 6.07) is 4.37. The fraction of sp³-hybridized carbons (Fsp3) is 0.533. The largest absolute Gasteiger partial charge is 0.348 e. The molecule has 0 unspecified atom stereocenters. The molecule has 0 radical (unpaired) electrons. The minimum Gasteiger partial charge on any atom is -0.348 e. The van der Waals surface area contributed by atoms with Gasteiger partial charge in [-0.3, -0.25) is 4.68 Å². The Kier molecular flexibility index (Phi) is 4.80. The molecule has 0 aliphatic carbocycles. The molecule has 4 nitrogen and oxygen atoms in total. The molecular formula is C15H24N4. The Bertz CT molecular complexity index is 510. The van der Waals surface area contributed by atoms with E-state index in [2.05, 4.69) is 53.4 Å². The maximum absolute atomic E-state index is 4.48. The molecule has 0 aromatic carbocycles. The Morgan fingerprint density at radius 2 is 2.16 bits per heavy atom. The van der Waals surface area contributed by atoms with Gasteiger partial charge in [0.2, 0.25) is 0 Å². The molecule has 0 spiro atoms. The molecule has 2 aromatic rings. The van der Waals surface area contributed by atoms with E-state index in [1.54, 1.807) is 0 Å². The zero-order chi connectivity index (χ0) is 13.7. The summed E-state index contributed by atoms with van der Waals surface area (Å²) in [5, 5.41) is 7.91. The predicted octanol–water partition coefficient (Wildman–Crippen LogP) is 2.33. The molecule has 104 valence electrons. The smallest absolute Gasteiger partial charge is 0.0639 e. The van der Waals surface area contributed by atoms with Crippen molar-refractivity contribution >= 4 is 0 Å². The lowest BCUT2D eigenvalue weighted by Gasteiger charge is -2.03. The Balaban J connectivity index is 1.97. The Morgan fingerprint density at radius 3 is 2.84 bits per heavy atom.